The Balaban J connectivity index is 2.13. The van der Waals surface area contributed by atoms with E-state index in [2.05, 4.69) is 4.72 Å². The van der Waals surface area contributed by atoms with E-state index in [1.54, 1.807) is 0 Å². The zero-order valence-electron chi connectivity index (χ0n) is 12.7. The lowest BCUT2D eigenvalue weighted by molar-refractivity contribution is 0.601. The van der Waals surface area contributed by atoms with E-state index < -0.39 is 19.9 Å². The molecule has 1 N–H and O–H groups in total. The summed E-state index contributed by atoms with van der Waals surface area (Å²) in [6, 6.07) is 13.0. The van der Waals surface area contributed by atoms with E-state index in [0.29, 0.717) is 5.69 Å². The monoisotopic (exact) mass is 351 g/mol. The third-order valence-electron chi connectivity index (χ3n) is 3.06. The van der Waals surface area contributed by atoms with Crippen LogP contribution in [0, 0.1) is 6.92 Å². The van der Waals surface area contributed by atoms with Gasteiger partial charge in [-0.3, -0.25) is 4.72 Å². The maximum Gasteiger partial charge on any atom is 0.255 e. The second-order valence-corrected chi connectivity index (χ2v) is 8.74. The highest BCUT2D eigenvalue weighted by Gasteiger charge is 2.09. The third-order valence-corrected chi connectivity index (χ3v) is 5.20. The van der Waals surface area contributed by atoms with Gasteiger partial charge >= 0.3 is 0 Å². The van der Waals surface area contributed by atoms with Gasteiger partial charge in [0.15, 0.2) is 9.84 Å². The summed E-state index contributed by atoms with van der Waals surface area (Å²) in [4.78, 5) is 0.135. The van der Waals surface area contributed by atoms with Crippen molar-refractivity contribution in [2.75, 3.05) is 11.0 Å². The van der Waals surface area contributed by atoms with E-state index in [0.717, 1.165) is 22.8 Å². The van der Waals surface area contributed by atoms with Crippen LogP contribution < -0.4 is 4.72 Å². The molecule has 0 aliphatic rings. The largest absolute Gasteiger partial charge is 0.280 e. The van der Waals surface area contributed by atoms with E-state index in [-0.39, 0.29) is 4.90 Å². The number of hydrogen-bond acceptors (Lipinski definition) is 4. The molecular weight excluding hydrogens is 334 g/mol. The highest BCUT2D eigenvalue weighted by atomic mass is 32.2. The molecule has 2 aromatic carbocycles. The summed E-state index contributed by atoms with van der Waals surface area (Å²) in [6.45, 7) is 1.95. The molecule has 0 fully saturated rings. The quantitative estimate of drug-likeness (QED) is 0.898. The molecule has 0 bridgehead atoms. The van der Waals surface area contributed by atoms with Crippen molar-refractivity contribution in [2.24, 2.45) is 0 Å². The lowest BCUT2D eigenvalue weighted by atomic mass is 10.2. The standard InChI is InChI=1S/C16H17NO4S2/c1-13-3-5-14(6-4-13)11-12-23(20,21)17-15-7-9-16(10-8-15)22(2,18)19/h3-12,17H,1-2H3/b12-11+. The van der Waals surface area contributed by atoms with Gasteiger partial charge in [-0.1, -0.05) is 29.8 Å². The van der Waals surface area contributed by atoms with E-state index in [4.69, 9.17) is 0 Å². The highest BCUT2D eigenvalue weighted by molar-refractivity contribution is 7.95. The Morgan fingerprint density at radius 3 is 1.96 bits per heavy atom. The Kier molecular flexibility index (Phi) is 4.91. The Bertz CT molecular complexity index is 911. The lowest BCUT2D eigenvalue weighted by Gasteiger charge is -2.05. The van der Waals surface area contributed by atoms with Crippen LogP contribution in [-0.2, 0) is 19.9 Å². The Morgan fingerprint density at radius 1 is 0.870 bits per heavy atom. The fourth-order valence-corrected chi connectivity index (χ4v) is 3.31. The summed E-state index contributed by atoms with van der Waals surface area (Å²) in [6.07, 6.45) is 2.59. The van der Waals surface area contributed by atoms with Gasteiger partial charge in [0.2, 0.25) is 0 Å². The van der Waals surface area contributed by atoms with Gasteiger partial charge in [0.1, 0.15) is 0 Å². The van der Waals surface area contributed by atoms with Crippen molar-refractivity contribution in [3.8, 4) is 0 Å². The molecule has 0 aliphatic carbocycles. The molecule has 0 radical (unpaired) electrons. The Morgan fingerprint density at radius 2 is 1.43 bits per heavy atom. The van der Waals surface area contributed by atoms with Crippen molar-refractivity contribution in [1.29, 1.82) is 0 Å². The maximum atomic E-state index is 12.0. The molecule has 0 unspecified atom stereocenters. The summed E-state index contributed by atoms with van der Waals surface area (Å²) in [5.41, 5.74) is 2.16. The number of nitrogens with one attached hydrogen (secondary N) is 1. The van der Waals surface area contributed by atoms with Crippen molar-refractivity contribution in [3.05, 3.63) is 65.1 Å². The molecule has 0 aromatic heterocycles. The smallest absolute Gasteiger partial charge is 0.255 e. The average molecular weight is 351 g/mol. The average Bonchev–Trinajstić information content (AvgIpc) is 2.46. The van der Waals surface area contributed by atoms with Crippen molar-refractivity contribution in [1.82, 2.24) is 0 Å². The number of hydrogen-bond donors (Lipinski definition) is 1. The minimum absolute atomic E-state index is 0.135. The number of sulfonamides is 1. The first kappa shape index (κ1) is 17.2. The summed E-state index contributed by atoms with van der Waals surface area (Å²) >= 11 is 0. The van der Waals surface area contributed by atoms with Gasteiger partial charge < -0.3 is 0 Å². The first-order chi connectivity index (χ1) is 10.7. The minimum atomic E-state index is -3.67. The number of rotatable bonds is 5. The Hall–Kier alpha value is -2.12. The summed E-state index contributed by atoms with van der Waals surface area (Å²) < 4.78 is 49.1. The molecule has 0 amide bonds. The van der Waals surface area contributed by atoms with Crippen molar-refractivity contribution in [3.63, 3.8) is 0 Å². The first-order valence-electron chi connectivity index (χ1n) is 6.73. The predicted octanol–water partition coefficient (Wildman–Crippen LogP) is 2.81. The predicted molar refractivity (Wildman–Crippen MR) is 92.3 cm³/mol. The number of anilines is 1. The van der Waals surface area contributed by atoms with Crippen LogP contribution in [0.2, 0.25) is 0 Å². The van der Waals surface area contributed by atoms with Crippen LogP contribution in [0.5, 0.6) is 0 Å². The van der Waals surface area contributed by atoms with Crippen LogP contribution in [0.25, 0.3) is 6.08 Å². The molecule has 0 atom stereocenters. The van der Waals surface area contributed by atoms with Gasteiger partial charge in [-0.2, -0.15) is 0 Å². The normalized spacial score (nSPS) is 12.4. The maximum absolute atomic E-state index is 12.0. The van der Waals surface area contributed by atoms with Gasteiger partial charge in [0.05, 0.1) is 10.3 Å². The summed E-state index contributed by atoms with van der Waals surface area (Å²) in [7, 11) is -6.98. The molecule has 0 saturated heterocycles. The van der Waals surface area contributed by atoms with Crippen molar-refractivity contribution >= 4 is 31.6 Å². The molecule has 2 aromatic rings. The first-order valence-corrected chi connectivity index (χ1v) is 10.2. The molecule has 5 nitrogen and oxygen atoms in total. The van der Waals surface area contributed by atoms with Gasteiger partial charge in [0.25, 0.3) is 10.0 Å². The van der Waals surface area contributed by atoms with Crippen LogP contribution in [-0.4, -0.2) is 23.1 Å². The molecule has 0 spiro atoms. The Labute approximate surface area is 136 Å². The molecule has 0 saturated carbocycles. The number of sulfone groups is 1. The van der Waals surface area contributed by atoms with E-state index in [9.17, 15) is 16.8 Å². The van der Waals surface area contributed by atoms with Crippen molar-refractivity contribution in [2.45, 2.75) is 11.8 Å². The molecule has 2 rings (SSSR count). The molecule has 23 heavy (non-hydrogen) atoms. The number of aryl methyl sites for hydroxylation is 1. The van der Waals surface area contributed by atoms with Crippen LogP contribution in [0.3, 0.4) is 0 Å². The fraction of sp³-hybridized carbons (Fsp3) is 0.125. The topological polar surface area (TPSA) is 80.3 Å². The van der Waals surface area contributed by atoms with Crippen molar-refractivity contribution < 1.29 is 16.8 Å². The molecule has 0 aliphatic heterocycles. The highest BCUT2D eigenvalue weighted by Crippen LogP contribution is 2.16. The molecule has 122 valence electrons. The van der Waals surface area contributed by atoms with Crippen LogP contribution >= 0.6 is 0 Å². The van der Waals surface area contributed by atoms with Gasteiger partial charge in [-0.05, 0) is 42.8 Å². The van der Waals surface area contributed by atoms with Crippen LogP contribution in [0.1, 0.15) is 11.1 Å². The van der Waals surface area contributed by atoms with Gasteiger partial charge in [-0.15, -0.1) is 0 Å². The summed E-state index contributed by atoms with van der Waals surface area (Å²) in [5.74, 6) is 0. The van der Waals surface area contributed by atoms with Gasteiger partial charge in [0, 0.05) is 11.9 Å². The van der Waals surface area contributed by atoms with E-state index >= 15 is 0 Å². The van der Waals surface area contributed by atoms with E-state index in [1.807, 2.05) is 31.2 Å². The second kappa shape index (κ2) is 6.55. The molecule has 0 heterocycles. The molecular formula is C16H17NO4S2. The molecule has 7 heteroatoms. The zero-order valence-corrected chi connectivity index (χ0v) is 14.4. The zero-order chi connectivity index (χ0) is 17.1. The summed E-state index contributed by atoms with van der Waals surface area (Å²) in [5, 5.41) is 1.07. The second-order valence-electron chi connectivity index (χ2n) is 5.16. The lowest BCUT2D eigenvalue weighted by Crippen LogP contribution is -2.09. The fourth-order valence-electron chi connectivity index (χ4n) is 1.81. The third kappa shape index (κ3) is 5.22. The van der Waals surface area contributed by atoms with E-state index in [1.165, 1.54) is 30.3 Å². The SMILES string of the molecule is Cc1ccc(/C=C/S(=O)(=O)Nc2ccc(S(C)(=O)=O)cc2)cc1. The van der Waals surface area contributed by atoms with Crippen LogP contribution in [0.4, 0.5) is 5.69 Å². The van der Waals surface area contributed by atoms with Gasteiger partial charge in [-0.25, -0.2) is 16.8 Å². The van der Waals surface area contributed by atoms with Crippen LogP contribution in [0.15, 0.2) is 58.8 Å². The minimum Gasteiger partial charge on any atom is -0.280 e. The number of benzene rings is 2.